The smallest absolute Gasteiger partial charge is 0.226 e. The topological polar surface area (TPSA) is 68.0 Å². The molecule has 1 aliphatic rings. The maximum atomic E-state index is 12.1. The average Bonchev–Trinajstić information content (AvgIpc) is 3.32. The van der Waals surface area contributed by atoms with E-state index < -0.39 is 0 Å². The number of rotatable bonds is 7. The van der Waals surface area contributed by atoms with Gasteiger partial charge >= 0.3 is 0 Å². The zero-order valence-corrected chi connectivity index (χ0v) is 15.5. The summed E-state index contributed by atoms with van der Waals surface area (Å²) in [5, 5.41) is 5.98. The van der Waals surface area contributed by atoms with Crippen molar-refractivity contribution in [3.63, 3.8) is 0 Å². The fourth-order valence-corrected chi connectivity index (χ4v) is 3.52. The van der Waals surface area contributed by atoms with E-state index in [2.05, 4.69) is 41.5 Å². The van der Waals surface area contributed by atoms with Crippen LogP contribution in [0.2, 0.25) is 0 Å². The first-order chi connectivity index (χ1) is 11.2. The van der Waals surface area contributed by atoms with Crippen molar-refractivity contribution in [3.8, 4) is 10.6 Å². The lowest BCUT2D eigenvalue weighted by Crippen LogP contribution is -2.42. The lowest BCUT2D eigenvalue weighted by atomic mass is 10.1. The molecule has 1 atom stereocenters. The number of amides is 1. The van der Waals surface area contributed by atoms with E-state index in [0.717, 1.165) is 22.7 Å². The first kappa shape index (κ1) is 18.9. The molecule has 1 aromatic heterocycles. The molecular weight excluding hydrogens is 342 g/mol. The van der Waals surface area contributed by atoms with Gasteiger partial charge in [0.2, 0.25) is 5.91 Å². The van der Waals surface area contributed by atoms with Gasteiger partial charge < -0.3 is 11.1 Å². The normalized spacial score (nSPS) is 14.8. The zero-order chi connectivity index (χ0) is 16.2. The van der Waals surface area contributed by atoms with Crippen molar-refractivity contribution in [1.82, 2.24) is 10.3 Å². The summed E-state index contributed by atoms with van der Waals surface area (Å²) in [5.41, 5.74) is 8.98. The number of hydrogen-bond acceptors (Lipinski definition) is 4. The Kier molecular flexibility index (Phi) is 6.78. The summed E-state index contributed by atoms with van der Waals surface area (Å²) in [5.74, 6) is 0.595. The molecule has 1 aromatic carbocycles. The molecule has 0 radical (unpaired) electrons. The Bertz CT molecular complexity index is 667. The molecule has 6 heteroatoms. The monoisotopic (exact) mass is 365 g/mol. The van der Waals surface area contributed by atoms with Crippen molar-refractivity contribution in [3.05, 3.63) is 40.9 Å². The molecule has 130 valence electrons. The average molecular weight is 366 g/mol. The van der Waals surface area contributed by atoms with Gasteiger partial charge in [-0.3, -0.25) is 4.79 Å². The number of halogens is 1. The number of carbonyl (C=O) groups is 1. The maximum Gasteiger partial charge on any atom is 0.226 e. The summed E-state index contributed by atoms with van der Waals surface area (Å²) >= 11 is 1.59. The fraction of sp³-hybridized carbons (Fsp3) is 0.444. The van der Waals surface area contributed by atoms with Crippen molar-refractivity contribution in [2.75, 3.05) is 6.54 Å². The van der Waals surface area contributed by atoms with Gasteiger partial charge in [0.1, 0.15) is 5.01 Å². The third-order valence-corrected chi connectivity index (χ3v) is 5.23. The number of aromatic nitrogens is 1. The van der Waals surface area contributed by atoms with Gasteiger partial charge in [0.25, 0.3) is 0 Å². The van der Waals surface area contributed by atoms with Crippen LogP contribution in [0, 0.1) is 5.92 Å². The molecule has 1 fully saturated rings. The van der Waals surface area contributed by atoms with E-state index in [1.807, 2.05) is 5.38 Å². The van der Waals surface area contributed by atoms with Gasteiger partial charge in [0.05, 0.1) is 12.1 Å². The fourth-order valence-electron chi connectivity index (χ4n) is 2.69. The summed E-state index contributed by atoms with van der Waals surface area (Å²) < 4.78 is 0. The molecule has 1 aliphatic carbocycles. The molecule has 2 aromatic rings. The first-order valence-electron chi connectivity index (χ1n) is 8.22. The van der Waals surface area contributed by atoms with Gasteiger partial charge in [-0.2, -0.15) is 0 Å². The molecule has 4 nitrogen and oxygen atoms in total. The van der Waals surface area contributed by atoms with Crippen molar-refractivity contribution >= 4 is 29.7 Å². The summed E-state index contributed by atoms with van der Waals surface area (Å²) in [7, 11) is 0. The van der Waals surface area contributed by atoms with E-state index in [1.165, 1.54) is 18.4 Å². The van der Waals surface area contributed by atoms with Crippen LogP contribution in [-0.4, -0.2) is 23.5 Å². The number of thiazole rings is 1. The highest BCUT2D eigenvalue weighted by Gasteiger charge is 2.31. The number of nitrogens with one attached hydrogen (secondary N) is 1. The third kappa shape index (κ3) is 4.79. The Morgan fingerprint density at radius 2 is 2.08 bits per heavy atom. The van der Waals surface area contributed by atoms with Crippen LogP contribution in [0.5, 0.6) is 0 Å². The minimum atomic E-state index is 0. The van der Waals surface area contributed by atoms with Crippen molar-refractivity contribution in [1.29, 1.82) is 0 Å². The molecule has 1 saturated carbocycles. The minimum Gasteiger partial charge on any atom is -0.351 e. The number of hydrogen-bond donors (Lipinski definition) is 2. The SMILES string of the molecule is CCc1ccc(-c2nc(CC(=O)NC(CN)C3CC3)cs2)cc1.Cl. The highest BCUT2D eigenvalue weighted by Crippen LogP contribution is 2.32. The summed E-state index contributed by atoms with van der Waals surface area (Å²) in [4.78, 5) is 16.7. The second-order valence-electron chi connectivity index (χ2n) is 6.12. The van der Waals surface area contributed by atoms with Crippen molar-refractivity contribution in [2.45, 2.75) is 38.6 Å². The van der Waals surface area contributed by atoms with Crippen LogP contribution in [0.1, 0.15) is 31.0 Å². The minimum absolute atomic E-state index is 0. The Hall–Kier alpha value is -1.43. The van der Waals surface area contributed by atoms with Crippen LogP contribution in [0.4, 0.5) is 0 Å². The number of nitrogens with two attached hydrogens (primary N) is 1. The highest BCUT2D eigenvalue weighted by atomic mass is 35.5. The van der Waals surface area contributed by atoms with Crippen LogP contribution in [0.15, 0.2) is 29.6 Å². The molecule has 3 rings (SSSR count). The molecule has 1 unspecified atom stereocenters. The lowest BCUT2D eigenvalue weighted by Gasteiger charge is -2.15. The van der Waals surface area contributed by atoms with E-state index in [9.17, 15) is 4.79 Å². The van der Waals surface area contributed by atoms with E-state index in [-0.39, 0.29) is 24.4 Å². The summed E-state index contributed by atoms with van der Waals surface area (Å²) in [6, 6.07) is 8.58. The summed E-state index contributed by atoms with van der Waals surface area (Å²) in [6.07, 6.45) is 3.72. The summed E-state index contributed by atoms with van der Waals surface area (Å²) in [6.45, 7) is 2.66. The van der Waals surface area contributed by atoms with Gasteiger partial charge in [0, 0.05) is 23.5 Å². The second kappa shape index (κ2) is 8.60. The van der Waals surface area contributed by atoms with Gasteiger partial charge in [-0.15, -0.1) is 23.7 Å². The van der Waals surface area contributed by atoms with Crippen LogP contribution < -0.4 is 11.1 Å². The van der Waals surface area contributed by atoms with Crippen molar-refractivity contribution in [2.24, 2.45) is 11.7 Å². The molecule has 0 bridgehead atoms. The molecule has 24 heavy (non-hydrogen) atoms. The second-order valence-corrected chi connectivity index (χ2v) is 6.98. The number of benzene rings is 1. The van der Waals surface area contributed by atoms with Crippen molar-refractivity contribution < 1.29 is 4.79 Å². The highest BCUT2D eigenvalue weighted by molar-refractivity contribution is 7.13. The maximum absolute atomic E-state index is 12.1. The van der Waals surface area contributed by atoms with E-state index in [4.69, 9.17) is 5.73 Å². The van der Waals surface area contributed by atoms with E-state index in [0.29, 0.717) is 18.9 Å². The number of nitrogens with zero attached hydrogens (tertiary/aromatic N) is 1. The molecule has 0 aliphatic heterocycles. The number of aryl methyl sites for hydroxylation is 1. The van der Waals surface area contributed by atoms with E-state index >= 15 is 0 Å². The van der Waals surface area contributed by atoms with Crippen LogP contribution in [0.25, 0.3) is 10.6 Å². The van der Waals surface area contributed by atoms with E-state index in [1.54, 1.807) is 11.3 Å². The molecule has 0 spiro atoms. The Balaban J connectivity index is 0.00000208. The van der Waals surface area contributed by atoms with Crippen LogP contribution in [-0.2, 0) is 17.6 Å². The number of carbonyl (C=O) groups excluding carboxylic acids is 1. The van der Waals surface area contributed by atoms with Gasteiger partial charge in [0.15, 0.2) is 0 Å². The van der Waals surface area contributed by atoms with Gasteiger partial charge in [-0.25, -0.2) is 4.98 Å². The van der Waals surface area contributed by atoms with Crippen LogP contribution in [0.3, 0.4) is 0 Å². The zero-order valence-electron chi connectivity index (χ0n) is 13.8. The Labute approximate surface area is 153 Å². The van der Waals surface area contributed by atoms with Gasteiger partial charge in [-0.1, -0.05) is 31.2 Å². The van der Waals surface area contributed by atoms with Gasteiger partial charge in [-0.05, 0) is 30.7 Å². The standard InChI is InChI=1S/C18H23N3OS.ClH/c1-2-12-3-5-14(6-4-12)18-20-15(11-23-18)9-17(22)21-16(10-19)13-7-8-13;/h3-6,11,13,16H,2,7-10,19H2,1H3,(H,21,22);1H. The molecular formula is C18H24ClN3OS. The molecule has 3 N–H and O–H groups in total. The van der Waals surface area contributed by atoms with Crippen LogP contribution >= 0.6 is 23.7 Å². The quantitative estimate of drug-likeness (QED) is 0.791. The molecule has 0 saturated heterocycles. The predicted molar refractivity (Wildman–Crippen MR) is 102 cm³/mol. The Morgan fingerprint density at radius 1 is 1.38 bits per heavy atom. The largest absolute Gasteiger partial charge is 0.351 e. The third-order valence-electron chi connectivity index (χ3n) is 4.29. The lowest BCUT2D eigenvalue weighted by molar-refractivity contribution is -0.121. The molecule has 1 heterocycles. The predicted octanol–water partition coefficient (Wildman–Crippen LogP) is 3.19. The molecule has 1 amide bonds. The first-order valence-corrected chi connectivity index (χ1v) is 9.10. The Morgan fingerprint density at radius 3 is 2.67 bits per heavy atom.